The molecule has 0 spiro atoms. The van der Waals surface area contributed by atoms with Gasteiger partial charge in [-0.25, -0.2) is 23.3 Å². The van der Waals surface area contributed by atoms with Crippen molar-refractivity contribution in [2.45, 2.75) is 171 Å². The third kappa shape index (κ3) is 14.8. The minimum absolute atomic E-state index is 0.131. The van der Waals surface area contributed by atoms with Crippen LogP contribution >= 0.6 is 0 Å². The Kier molecular flexibility index (Phi) is 16.3. The van der Waals surface area contributed by atoms with E-state index in [2.05, 4.69) is 135 Å². The third-order valence-corrected chi connectivity index (χ3v) is 22.4. The van der Waals surface area contributed by atoms with E-state index in [9.17, 15) is 1.37 Å². The van der Waals surface area contributed by atoms with Crippen LogP contribution in [0, 0.1) is 74.0 Å². The van der Waals surface area contributed by atoms with Crippen LogP contribution in [-0.2, 0) is 28.2 Å². The minimum Gasteiger partial charge on any atom is -0.455 e. The Morgan fingerprint density at radius 1 is 0.453 bits per heavy atom. The Balaban J connectivity index is 0.000000132. The molecule has 14 aromatic rings. The first-order chi connectivity index (χ1) is 56.9. The summed E-state index contributed by atoms with van der Waals surface area (Å²) in [5.74, 6) is -2.15. The maximum absolute atomic E-state index is 9.33. The summed E-state index contributed by atoms with van der Waals surface area (Å²) < 4.78 is 143. The van der Waals surface area contributed by atoms with Crippen molar-refractivity contribution in [1.82, 2.24) is 4.98 Å². The van der Waals surface area contributed by atoms with Crippen LogP contribution in [0.25, 0.3) is 111 Å². The van der Waals surface area contributed by atoms with Crippen LogP contribution in [0.3, 0.4) is 0 Å². The maximum atomic E-state index is 9.33. The lowest BCUT2D eigenvalue weighted by atomic mass is 9.83. The van der Waals surface area contributed by atoms with Crippen LogP contribution in [0.4, 0.5) is 0 Å². The van der Waals surface area contributed by atoms with Crippen LogP contribution in [0.15, 0.2) is 216 Å². The van der Waals surface area contributed by atoms with E-state index >= 15 is 0 Å². The molecule has 17 rings (SSSR count). The normalized spacial score (nSPS) is 20.0. The third-order valence-electron chi connectivity index (χ3n) is 22.4. The Labute approximate surface area is 651 Å². The monoisotopic (exact) mass is 1410 g/mol. The SMILES string of the molecule is [2H]C([2H])([2H])C(C)c1ccc2c(n1)oc1c(-c3cc(C)cc[n+]3C)c(C)ccc12.[2H]C([2H])([2H])c1cc(C)ccc1-c1cc(-c2ccccc2C)[n+](C)cc1C([2H])([2H])[2H].[2H]C1(c2cc[n+](C)c(-c3c(C)ccc4c3oc3cc(C)ccc34)c2)CC2CCC1C2.[2H]C1(c2ccc(-c3cc(-c4ccccc4C)[n+](C)cc3C([2H])(C)C([2H])([2H])[2H])cc2)CCCCC1. The molecule has 0 saturated heterocycles. The zero-order valence-corrected chi connectivity index (χ0v) is 63.8. The molecule has 106 heavy (non-hydrogen) atoms. The van der Waals surface area contributed by atoms with E-state index in [0.29, 0.717) is 34.0 Å². The first kappa shape index (κ1) is 56.3. The van der Waals surface area contributed by atoms with Gasteiger partial charge in [0.05, 0.1) is 11.1 Å². The van der Waals surface area contributed by atoms with E-state index < -0.39 is 51.0 Å². The molecule has 5 atom stereocenters. The first-order valence-electron chi connectivity index (χ1n) is 45.1. The fraction of sp³-hybridized carbons (Fsp3) is 0.323. The lowest BCUT2D eigenvalue weighted by molar-refractivity contribution is -0.660. The van der Waals surface area contributed by atoms with Gasteiger partial charge in [-0.1, -0.05) is 174 Å². The van der Waals surface area contributed by atoms with Crippen LogP contribution in [0.2, 0.25) is 0 Å². The average molecular weight is 1420 g/mol. The van der Waals surface area contributed by atoms with Gasteiger partial charge in [0.2, 0.25) is 28.5 Å². The summed E-state index contributed by atoms with van der Waals surface area (Å²) in [5.41, 5.74) is 25.0. The molecule has 7 aromatic carbocycles. The zero-order valence-electron chi connectivity index (χ0n) is 78.8. The Hall–Kier alpha value is -10.1. The summed E-state index contributed by atoms with van der Waals surface area (Å²) in [7, 11) is 7.83. The van der Waals surface area contributed by atoms with Gasteiger partial charge < -0.3 is 8.83 Å². The zero-order chi connectivity index (χ0) is 87.1. The molecular weight excluding hydrogens is 1290 g/mol. The van der Waals surface area contributed by atoms with Crippen LogP contribution in [0.5, 0.6) is 0 Å². The molecule has 0 aliphatic heterocycles. The molecule has 3 fully saturated rings. The fourth-order valence-corrected chi connectivity index (χ4v) is 16.5. The number of aromatic nitrogens is 5. The van der Waals surface area contributed by atoms with Crippen molar-refractivity contribution in [1.29, 1.82) is 0 Å². The first-order valence-corrected chi connectivity index (χ1v) is 37.6. The topological polar surface area (TPSA) is 54.7 Å². The molecule has 3 aliphatic carbocycles. The molecule has 5 unspecified atom stereocenters. The van der Waals surface area contributed by atoms with Crippen molar-refractivity contribution in [3.05, 3.63) is 279 Å². The molecule has 0 N–H and O–H groups in total. The fourth-order valence-electron chi connectivity index (χ4n) is 16.5. The number of pyridine rings is 5. The molecule has 7 heteroatoms. The molecule has 7 nitrogen and oxygen atoms in total. The van der Waals surface area contributed by atoms with Gasteiger partial charge in [0, 0.05) is 106 Å². The number of aryl methyl sites for hydroxylation is 13. The lowest BCUT2D eigenvalue weighted by Crippen LogP contribution is -2.32. The summed E-state index contributed by atoms with van der Waals surface area (Å²) in [5, 5.41) is 4.21. The van der Waals surface area contributed by atoms with Crippen molar-refractivity contribution in [2.75, 3.05) is 0 Å². The highest BCUT2D eigenvalue weighted by molar-refractivity contribution is 6.10. The van der Waals surface area contributed by atoms with E-state index in [0.717, 1.165) is 155 Å². The molecule has 2 bridgehead atoms. The smallest absolute Gasteiger partial charge is 0.227 e. The van der Waals surface area contributed by atoms with E-state index in [1.165, 1.54) is 60.2 Å². The number of hydrogen-bond donors (Lipinski definition) is 0. The van der Waals surface area contributed by atoms with Gasteiger partial charge in [-0.05, 0) is 232 Å². The lowest BCUT2D eigenvalue weighted by Gasteiger charge is -2.22. The van der Waals surface area contributed by atoms with Gasteiger partial charge in [-0.2, -0.15) is 0 Å². The van der Waals surface area contributed by atoms with Gasteiger partial charge in [0.25, 0.3) is 0 Å². The Morgan fingerprint density at radius 3 is 1.71 bits per heavy atom. The number of furan rings is 2. The van der Waals surface area contributed by atoms with Crippen molar-refractivity contribution < 1.29 is 47.7 Å². The Bertz CT molecular complexity index is 6280. The molecule has 7 heterocycles. The van der Waals surface area contributed by atoms with Gasteiger partial charge >= 0.3 is 0 Å². The highest BCUT2D eigenvalue weighted by Crippen LogP contribution is 2.53. The maximum Gasteiger partial charge on any atom is 0.227 e. The predicted molar refractivity (Wildman–Crippen MR) is 440 cm³/mol. The van der Waals surface area contributed by atoms with E-state index in [1.807, 2.05) is 124 Å². The summed E-state index contributed by atoms with van der Waals surface area (Å²) in [6.07, 6.45) is 17.5. The van der Waals surface area contributed by atoms with Crippen LogP contribution in [-0.4, -0.2) is 4.98 Å². The summed E-state index contributed by atoms with van der Waals surface area (Å²) in [4.78, 5) is 4.55. The van der Waals surface area contributed by atoms with E-state index in [-0.39, 0.29) is 11.1 Å². The molecule has 3 saturated carbocycles. The molecule has 3 aliphatic rings. The number of fused-ring (bicyclic) bond motifs is 8. The Morgan fingerprint density at radius 2 is 1.06 bits per heavy atom. The second kappa shape index (κ2) is 30.8. The van der Waals surface area contributed by atoms with Gasteiger partial charge in [0.15, 0.2) is 30.4 Å². The highest BCUT2D eigenvalue weighted by atomic mass is 16.3. The standard InChI is InChI=1S/C28H34N.C27H28NO.C22H23N2O.C22H24N/c1-20(2)27-19-29(4)28(25-13-9-8-10-21(25)3)18-26(27)24-16-14-23(15-17-24)22-11-6-5-7-12-22;1-16-4-8-21-22-9-5-17(2)26(27(22)29-25(21)12-16)24-15-20(10-11-28(24)3)23-14-18-6-7-19(23)13-18;1-13(2)18-9-8-17-16-7-6-15(4)20(21(16)25-22(17)23-18)19-12-14(3)10-11-24(19)5;1-15-10-11-19(17(3)12-15)21-13-22(23(5)14-18(21)4)20-9-7-6-8-16(20)2/h8-10,13-20,22H,5-7,11-12H2,1-4H3;4-5,8-12,15,18-19,23H,6-7,13-14H2,1-3H3;6-13H,1-5H3;6-14H,1-5H3/q4*+1/i1D3,20D,22D;23D;1D3;3D3,4D3. The number of benzene rings is 7. The summed E-state index contributed by atoms with van der Waals surface area (Å²) in [6, 6.07) is 60.3. The van der Waals surface area contributed by atoms with Crippen molar-refractivity contribution >= 4 is 44.0 Å². The van der Waals surface area contributed by atoms with Gasteiger partial charge in [0.1, 0.15) is 39.4 Å². The minimum atomic E-state index is -2.48. The predicted octanol–water partition coefficient (Wildman–Crippen LogP) is 24.2. The second-order valence-electron chi connectivity index (χ2n) is 30.2. The van der Waals surface area contributed by atoms with Crippen LogP contribution < -0.4 is 18.3 Å². The second-order valence-corrected chi connectivity index (χ2v) is 30.2. The number of hydrogen-bond acceptors (Lipinski definition) is 3. The molecule has 538 valence electrons. The van der Waals surface area contributed by atoms with Gasteiger partial charge in [-0.15, -0.1) is 0 Å². The van der Waals surface area contributed by atoms with Crippen molar-refractivity contribution in [3.8, 4) is 67.3 Å². The highest BCUT2D eigenvalue weighted by Gasteiger charge is 2.41. The number of rotatable bonds is 10. The average Bonchev–Trinajstić information content (AvgIpc) is 1.63. The largest absolute Gasteiger partial charge is 0.455 e. The van der Waals surface area contributed by atoms with E-state index in [4.69, 9.17) is 28.0 Å². The number of nitrogens with zero attached hydrogens (tertiary/aromatic N) is 5. The van der Waals surface area contributed by atoms with Crippen molar-refractivity contribution in [2.24, 2.45) is 40.0 Å². The molecule has 7 aromatic heterocycles. The summed E-state index contributed by atoms with van der Waals surface area (Å²) >= 11 is 0. The van der Waals surface area contributed by atoms with Gasteiger partial charge in [-0.3, -0.25) is 0 Å². The quantitative estimate of drug-likeness (QED) is 0.128. The van der Waals surface area contributed by atoms with E-state index in [1.54, 1.807) is 55.2 Å². The molecule has 0 amide bonds. The molecule has 0 radical (unpaired) electrons. The summed E-state index contributed by atoms with van der Waals surface area (Å²) in [6.45, 7) is 8.12. The van der Waals surface area contributed by atoms with Crippen LogP contribution in [0.1, 0.15) is 202 Å². The van der Waals surface area contributed by atoms with Crippen molar-refractivity contribution in [3.63, 3.8) is 0 Å². The molecular formula is C99H109N5O2+4.